The molecule has 4 aliphatic rings. The van der Waals surface area contributed by atoms with E-state index in [4.69, 9.17) is 21.1 Å². The summed E-state index contributed by atoms with van der Waals surface area (Å²) in [5.41, 5.74) is 2.18. The molecule has 6 rings (SSSR count). The van der Waals surface area contributed by atoms with E-state index in [1.54, 1.807) is 6.07 Å². The van der Waals surface area contributed by atoms with Crippen molar-refractivity contribution in [1.29, 1.82) is 0 Å². The molecule has 1 amide bonds. The van der Waals surface area contributed by atoms with Crippen molar-refractivity contribution in [3.05, 3.63) is 49.9 Å². The monoisotopic (exact) mass is 616 g/mol. The number of aromatic amines is 1. The van der Waals surface area contributed by atoms with Crippen LogP contribution in [0.15, 0.2) is 21.8 Å². The zero-order valence-corrected chi connectivity index (χ0v) is 26.4. The lowest BCUT2D eigenvalue weighted by Crippen LogP contribution is -2.62. The van der Waals surface area contributed by atoms with Gasteiger partial charge < -0.3 is 24.9 Å². The van der Waals surface area contributed by atoms with Crippen LogP contribution in [0.25, 0.3) is 0 Å². The van der Waals surface area contributed by atoms with E-state index in [9.17, 15) is 14.7 Å². The van der Waals surface area contributed by atoms with Gasteiger partial charge in [-0.25, -0.2) is 0 Å². The van der Waals surface area contributed by atoms with Gasteiger partial charge >= 0.3 is 0 Å². The van der Waals surface area contributed by atoms with Gasteiger partial charge in [0.25, 0.3) is 17.3 Å². The molecule has 2 atom stereocenters. The number of rotatable bonds is 7. The molecule has 3 N–H and O–H groups in total. The van der Waals surface area contributed by atoms with Crippen LogP contribution in [0.4, 0.5) is 0 Å². The molecule has 3 fully saturated rings. The van der Waals surface area contributed by atoms with Gasteiger partial charge in [-0.15, -0.1) is 11.8 Å². The van der Waals surface area contributed by atoms with Gasteiger partial charge in [0.05, 0.1) is 11.1 Å². The molecular formula is C31H41ClN4O5S. The Bertz CT molecular complexity index is 1420. The van der Waals surface area contributed by atoms with Crippen molar-refractivity contribution >= 4 is 29.3 Å². The van der Waals surface area contributed by atoms with Crippen LogP contribution >= 0.6 is 23.4 Å². The Morgan fingerprint density at radius 3 is 2.48 bits per heavy atom. The number of aryl methyl sites for hydroxylation is 1. The molecule has 1 saturated carbocycles. The van der Waals surface area contributed by atoms with Crippen LogP contribution in [0.5, 0.6) is 11.5 Å². The number of carbonyl (C=O) groups excluding carboxylic acids is 1. The van der Waals surface area contributed by atoms with Crippen molar-refractivity contribution in [2.45, 2.75) is 88.3 Å². The lowest BCUT2D eigenvalue weighted by atomic mass is 9.80. The summed E-state index contributed by atoms with van der Waals surface area (Å²) in [5, 5.41) is 13.1. The van der Waals surface area contributed by atoms with Crippen LogP contribution < -0.4 is 20.3 Å². The number of nitrogens with zero attached hydrogens (tertiary/aromatic N) is 2. The minimum Gasteiger partial charge on any atom is -0.448 e. The number of thioether (sulfide) groups is 1. The maximum atomic E-state index is 13.3. The number of benzene rings is 1. The highest BCUT2D eigenvalue weighted by molar-refractivity contribution is 7.98. The van der Waals surface area contributed by atoms with Crippen molar-refractivity contribution in [2.24, 2.45) is 5.92 Å². The fourth-order valence-electron chi connectivity index (χ4n) is 7.13. The number of carbonyl (C=O) groups is 1. The number of aliphatic hydroxyl groups excluding tert-OH is 1. The summed E-state index contributed by atoms with van der Waals surface area (Å²) in [4.78, 5) is 34.5. The Hall–Kier alpha value is -2.24. The Morgan fingerprint density at radius 1 is 1.10 bits per heavy atom. The van der Waals surface area contributed by atoms with Gasteiger partial charge in [0.1, 0.15) is 0 Å². The van der Waals surface area contributed by atoms with Crippen LogP contribution in [0.3, 0.4) is 0 Å². The van der Waals surface area contributed by atoms with E-state index in [1.165, 1.54) is 11.8 Å². The van der Waals surface area contributed by atoms with Crippen molar-refractivity contribution in [1.82, 2.24) is 20.1 Å². The highest BCUT2D eigenvalue weighted by Gasteiger charge is 2.49. The number of amides is 1. The molecule has 2 saturated heterocycles. The van der Waals surface area contributed by atoms with Gasteiger partial charge in [-0.1, -0.05) is 11.6 Å². The molecule has 42 heavy (non-hydrogen) atoms. The fraction of sp³-hybridized carbons (Fsp3) is 0.613. The normalized spacial score (nSPS) is 28.2. The SMILES string of the molecule is CSc1cc(C)[nH]c(=O)c1CNC(=O)c1cc(Cl)c2c(c1C)OC(C)(C1CCC(N3CC(N4CC[C@@H](O)C4)C3)CC1)O2. The van der Waals surface area contributed by atoms with E-state index in [2.05, 4.69) is 20.1 Å². The fourth-order valence-corrected chi connectivity index (χ4v) is 8.07. The smallest absolute Gasteiger partial charge is 0.254 e. The molecule has 228 valence electrons. The largest absolute Gasteiger partial charge is 0.448 e. The maximum Gasteiger partial charge on any atom is 0.254 e. The summed E-state index contributed by atoms with van der Waals surface area (Å²) in [6.07, 6.45) is 6.81. The van der Waals surface area contributed by atoms with Crippen LogP contribution in [0.2, 0.25) is 5.02 Å². The summed E-state index contributed by atoms with van der Waals surface area (Å²) in [6.45, 7) is 9.79. The number of H-pyrrole nitrogens is 1. The number of pyridine rings is 1. The summed E-state index contributed by atoms with van der Waals surface area (Å²) < 4.78 is 12.9. The summed E-state index contributed by atoms with van der Waals surface area (Å²) in [7, 11) is 0. The van der Waals surface area contributed by atoms with E-state index < -0.39 is 5.79 Å². The number of halogens is 1. The Kier molecular flexibility index (Phi) is 8.30. The van der Waals surface area contributed by atoms with Crippen LogP contribution in [-0.2, 0) is 6.54 Å². The van der Waals surface area contributed by atoms with Crippen LogP contribution in [-0.4, -0.2) is 82.2 Å². The van der Waals surface area contributed by atoms with E-state index in [0.717, 1.165) is 68.9 Å². The average Bonchev–Trinajstić information content (AvgIpc) is 3.53. The third-order valence-corrected chi connectivity index (χ3v) is 10.8. The predicted octanol–water partition coefficient (Wildman–Crippen LogP) is 4.09. The van der Waals surface area contributed by atoms with Gasteiger partial charge in [0.15, 0.2) is 11.5 Å². The molecule has 1 unspecified atom stereocenters. The highest BCUT2D eigenvalue weighted by atomic mass is 35.5. The number of aliphatic hydroxyl groups is 1. The van der Waals surface area contributed by atoms with E-state index in [-0.39, 0.29) is 30.0 Å². The van der Waals surface area contributed by atoms with Crippen LogP contribution in [0, 0.1) is 19.8 Å². The minimum absolute atomic E-state index is 0.106. The first-order valence-electron chi connectivity index (χ1n) is 15.0. The minimum atomic E-state index is -0.845. The molecule has 2 aromatic rings. The molecule has 1 aromatic heterocycles. The van der Waals surface area contributed by atoms with Crippen molar-refractivity contribution < 1.29 is 19.4 Å². The van der Waals surface area contributed by atoms with Crippen molar-refractivity contribution in [2.75, 3.05) is 32.4 Å². The first kappa shape index (κ1) is 29.8. The third-order valence-electron chi connectivity index (χ3n) is 9.72. The predicted molar refractivity (Wildman–Crippen MR) is 164 cm³/mol. The highest BCUT2D eigenvalue weighted by Crippen LogP contribution is 2.52. The van der Waals surface area contributed by atoms with Crippen molar-refractivity contribution in [3.8, 4) is 11.5 Å². The number of aromatic nitrogens is 1. The number of hydrogen-bond donors (Lipinski definition) is 3. The van der Waals surface area contributed by atoms with Gasteiger partial charge in [-0.05, 0) is 64.3 Å². The van der Waals surface area contributed by atoms with E-state index in [1.807, 2.05) is 33.1 Å². The zero-order valence-electron chi connectivity index (χ0n) is 24.8. The second-order valence-electron chi connectivity index (χ2n) is 12.5. The first-order valence-corrected chi connectivity index (χ1v) is 16.6. The Labute approximate surface area is 256 Å². The average molecular weight is 617 g/mol. The van der Waals surface area contributed by atoms with Crippen molar-refractivity contribution in [3.63, 3.8) is 0 Å². The molecule has 11 heteroatoms. The van der Waals surface area contributed by atoms with Crippen LogP contribution in [0.1, 0.15) is 66.2 Å². The quantitative estimate of drug-likeness (QED) is 0.400. The molecule has 0 spiro atoms. The summed E-state index contributed by atoms with van der Waals surface area (Å²) >= 11 is 8.14. The molecule has 1 aromatic carbocycles. The second kappa shape index (κ2) is 11.7. The zero-order chi connectivity index (χ0) is 29.8. The molecule has 0 bridgehead atoms. The maximum absolute atomic E-state index is 13.3. The molecule has 0 radical (unpaired) electrons. The first-order chi connectivity index (χ1) is 20.1. The number of hydrogen-bond acceptors (Lipinski definition) is 8. The molecule has 4 heterocycles. The number of likely N-dealkylation sites (tertiary alicyclic amines) is 2. The number of β-amino-alcohol motifs (C(OH)–C–C–N with tert-alkyl or cyclic N) is 1. The van der Waals surface area contributed by atoms with Gasteiger partial charge in [-0.2, -0.15) is 0 Å². The van der Waals surface area contributed by atoms with Gasteiger partial charge in [0, 0.05) is 84.9 Å². The lowest BCUT2D eigenvalue weighted by Gasteiger charge is -2.50. The summed E-state index contributed by atoms with van der Waals surface area (Å²) in [6, 6.07) is 4.69. The number of ether oxygens (including phenoxy) is 2. The molecule has 3 aliphatic heterocycles. The van der Waals surface area contributed by atoms with Gasteiger partial charge in [-0.3, -0.25) is 19.4 Å². The molecule has 1 aliphatic carbocycles. The lowest BCUT2D eigenvalue weighted by molar-refractivity contribution is -0.127. The topological polar surface area (TPSA) is 107 Å². The molecule has 9 nitrogen and oxygen atoms in total. The Balaban J connectivity index is 1.08. The summed E-state index contributed by atoms with van der Waals surface area (Å²) in [5.74, 6) is 0.0563. The second-order valence-corrected chi connectivity index (χ2v) is 13.7. The van der Waals surface area contributed by atoms with Gasteiger partial charge in [0.2, 0.25) is 0 Å². The third kappa shape index (κ3) is 5.56. The Morgan fingerprint density at radius 2 is 1.81 bits per heavy atom. The van der Waals surface area contributed by atoms with E-state index in [0.29, 0.717) is 45.3 Å². The molecular weight excluding hydrogens is 576 g/mol. The van der Waals surface area contributed by atoms with E-state index >= 15 is 0 Å². The standard InChI is InChI=1S/C31H41ClN4O5S/c1-17-11-26(42-4)24(30(39)34-17)13-33-29(38)23-12-25(32)28-27(18(23)2)40-31(3,41-28)19-5-7-20(8-6-19)36-14-21(15-36)35-10-9-22(37)16-35/h11-12,19-22,37H,5-10,13-16H2,1-4H3,(H,33,38)(H,34,39)/t19?,20?,22-,31?/m1/s1. The number of nitrogens with one attached hydrogen (secondary N) is 2. The number of fused-ring (bicyclic) bond motifs is 1.